The minimum absolute atomic E-state index is 0.0672. The van der Waals surface area contributed by atoms with Gasteiger partial charge >= 0.3 is 0 Å². The van der Waals surface area contributed by atoms with Gasteiger partial charge in [0.05, 0.1) is 18.7 Å². The van der Waals surface area contributed by atoms with Crippen LogP contribution in [0.1, 0.15) is 35.7 Å². The van der Waals surface area contributed by atoms with Gasteiger partial charge in [-0.1, -0.05) is 48.5 Å². The van der Waals surface area contributed by atoms with Crippen LogP contribution in [0.25, 0.3) is 0 Å². The van der Waals surface area contributed by atoms with Crippen LogP contribution in [-0.2, 0) is 10.5 Å². The summed E-state index contributed by atoms with van der Waals surface area (Å²) >= 11 is 0. The number of amides is 1. The molecule has 3 rings (SSSR count). The largest absolute Gasteiger partial charge is 0.349 e. The number of hydrogen-bond acceptors (Lipinski definition) is 3. The Morgan fingerprint density at radius 1 is 1.21 bits per heavy atom. The van der Waals surface area contributed by atoms with E-state index >= 15 is 0 Å². The van der Waals surface area contributed by atoms with Crippen LogP contribution in [0.5, 0.6) is 0 Å². The number of rotatable bonds is 4. The van der Waals surface area contributed by atoms with Gasteiger partial charge in [-0.05, 0) is 25.5 Å². The van der Waals surface area contributed by atoms with Crippen LogP contribution in [0.4, 0.5) is 0 Å². The molecule has 1 saturated heterocycles. The molecule has 2 aromatic carbocycles. The summed E-state index contributed by atoms with van der Waals surface area (Å²) in [5, 5.41) is 8.92. The second-order valence-corrected chi connectivity index (χ2v) is 6.05. The Morgan fingerprint density at radius 3 is 2.46 bits per heavy atom. The van der Waals surface area contributed by atoms with Crippen molar-refractivity contribution in [2.75, 3.05) is 6.61 Å². The summed E-state index contributed by atoms with van der Waals surface area (Å²) < 4.78 is 6.09. The van der Waals surface area contributed by atoms with Gasteiger partial charge < -0.3 is 9.64 Å². The second kappa shape index (κ2) is 6.86. The monoisotopic (exact) mass is 320 g/mol. The number of benzene rings is 2. The van der Waals surface area contributed by atoms with Crippen molar-refractivity contribution >= 4 is 5.91 Å². The molecule has 1 aliphatic rings. The minimum atomic E-state index is -0.825. The summed E-state index contributed by atoms with van der Waals surface area (Å²) in [5.41, 5.74) is 0.745. The Labute approximate surface area is 142 Å². The number of nitrogens with zero attached hydrogens (tertiary/aromatic N) is 2. The number of nitriles is 1. The predicted molar refractivity (Wildman–Crippen MR) is 91.0 cm³/mol. The summed E-state index contributed by atoms with van der Waals surface area (Å²) in [7, 11) is 0. The fourth-order valence-electron chi connectivity index (χ4n) is 3.24. The molecule has 0 saturated carbocycles. The summed E-state index contributed by atoms with van der Waals surface area (Å²) in [4.78, 5) is 15.0. The minimum Gasteiger partial charge on any atom is -0.349 e. The first-order valence-corrected chi connectivity index (χ1v) is 8.12. The molecule has 2 atom stereocenters. The van der Waals surface area contributed by atoms with E-state index in [1.807, 2.05) is 67.6 Å². The Kier molecular flexibility index (Phi) is 4.64. The molecular formula is C20H20N2O2. The number of ether oxygens (including phenoxy) is 1. The zero-order valence-electron chi connectivity index (χ0n) is 13.7. The fraction of sp³-hybridized carbons (Fsp3) is 0.300. The molecular weight excluding hydrogens is 300 g/mol. The number of carbonyl (C=O) groups excluding carboxylic acids is 1. The van der Waals surface area contributed by atoms with Crippen LogP contribution in [0.2, 0.25) is 0 Å². The average Bonchev–Trinajstić information content (AvgIpc) is 2.98. The van der Waals surface area contributed by atoms with Crippen molar-refractivity contribution in [3.05, 3.63) is 71.8 Å². The quantitative estimate of drug-likeness (QED) is 0.863. The predicted octanol–water partition coefficient (Wildman–Crippen LogP) is 3.70. The molecule has 1 heterocycles. The standard InChI is InChI=1S/C20H20N2O2/c1-20(17-11-6-3-7-12-17)22(18(15-24-20)13-8-14-21)19(23)16-9-4-2-5-10-16/h2-7,9-12,18H,8,13,15H2,1H3/t18-,20+/m0/s1. The van der Waals surface area contributed by atoms with Crippen molar-refractivity contribution in [2.24, 2.45) is 0 Å². The molecule has 0 bridgehead atoms. The molecule has 1 aliphatic heterocycles. The van der Waals surface area contributed by atoms with Crippen molar-refractivity contribution < 1.29 is 9.53 Å². The normalized spacial score (nSPS) is 23.0. The highest BCUT2D eigenvalue weighted by atomic mass is 16.5. The van der Waals surface area contributed by atoms with Crippen molar-refractivity contribution in [2.45, 2.75) is 31.5 Å². The summed E-state index contributed by atoms with van der Waals surface area (Å²) in [6.45, 7) is 2.36. The maximum atomic E-state index is 13.2. The lowest BCUT2D eigenvalue weighted by Crippen LogP contribution is -2.47. The summed E-state index contributed by atoms with van der Waals surface area (Å²) in [5.74, 6) is -0.0672. The van der Waals surface area contributed by atoms with Gasteiger partial charge in [0.1, 0.15) is 0 Å². The highest BCUT2D eigenvalue weighted by Crippen LogP contribution is 2.39. The Balaban J connectivity index is 2.00. The first kappa shape index (κ1) is 16.2. The SMILES string of the molecule is C[C@]1(c2ccccc2)OC[C@H](CCC#N)N1C(=O)c1ccccc1. The third kappa shape index (κ3) is 2.91. The van der Waals surface area contributed by atoms with Crippen LogP contribution in [-0.4, -0.2) is 23.5 Å². The molecule has 4 heteroatoms. The lowest BCUT2D eigenvalue weighted by Gasteiger charge is -2.37. The molecule has 0 radical (unpaired) electrons. The first-order valence-electron chi connectivity index (χ1n) is 8.12. The van der Waals surface area contributed by atoms with E-state index < -0.39 is 5.72 Å². The van der Waals surface area contributed by atoms with E-state index in [9.17, 15) is 4.79 Å². The van der Waals surface area contributed by atoms with Gasteiger partial charge in [-0.3, -0.25) is 4.79 Å². The van der Waals surface area contributed by atoms with Gasteiger partial charge in [0, 0.05) is 17.5 Å². The lowest BCUT2D eigenvalue weighted by atomic mass is 10.00. The first-order chi connectivity index (χ1) is 11.7. The smallest absolute Gasteiger partial charge is 0.256 e. The van der Waals surface area contributed by atoms with Crippen molar-refractivity contribution in [3.63, 3.8) is 0 Å². The fourth-order valence-corrected chi connectivity index (χ4v) is 3.24. The van der Waals surface area contributed by atoms with Crippen LogP contribution in [0, 0.1) is 11.3 Å². The van der Waals surface area contributed by atoms with E-state index in [1.165, 1.54) is 0 Å². The lowest BCUT2D eigenvalue weighted by molar-refractivity contribution is -0.0609. The number of hydrogen-bond donors (Lipinski definition) is 0. The number of carbonyl (C=O) groups is 1. The van der Waals surface area contributed by atoms with Crippen LogP contribution in [0.3, 0.4) is 0 Å². The Morgan fingerprint density at radius 2 is 1.83 bits per heavy atom. The zero-order valence-corrected chi connectivity index (χ0v) is 13.7. The topological polar surface area (TPSA) is 53.3 Å². The Bertz CT molecular complexity index is 739. The maximum absolute atomic E-state index is 13.2. The zero-order chi connectivity index (χ0) is 17.0. The van der Waals surface area contributed by atoms with E-state index in [0.29, 0.717) is 25.0 Å². The van der Waals surface area contributed by atoms with Crippen molar-refractivity contribution in [3.8, 4) is 6.07 Å². The third-order valence-electron chi connectivity index (χ3n) is 4.52. The molecule has 0 unspecified atom stereocenters. The van der Waals surface area contributed by atoms with Crippen molar-refractivity contribution in [1.82, 2.24) is 4.90 Å². The molecule has 24 heavy (non-hydrogen) atoms. The van der Waals surface area contributed by atoms with E-state index in [1.54, 1.807) is 4.90 Å². The second-order valence-electron chi connectivity index (χ2n) is 6.05. The van der Waals surface area contributed by atoms with Gasteiger partial charge in [0.2, 0.25) is 0 Å². The molecule has 1 fully saturated rings. The van der Waals surface area contributed by atoms with Gasteiger partial charge in [0.15, 0.2) is 5.72 Å². The van der Waals surface area contributed by atoms with Gasteiger partial charge in [-0.2, -0.15) is 5.26 Å². The van der Waals surface area contributed by atoms with Crippen LogP contribution < -0.4 is 0 Å². The van der Waals surface area contributed by atoms with Crippen LogP contribution in [0.15, 0.2) is 60.7 Å². The molecule has 0 aromatic heterocycles. The van der Waals surface area contributed by atoms with E-state index in [0.717, 1.165) is 5.56 Å². The Hall–Kier alpha value is -2.64. The molecule has 4 nitrogen and oxygen atoms in total. The molecule has 0 aliphatic carbocycles. The highest BCUT2D eigenvalue weighted by Gasteiger charge is 2.47. The van der Waals surface area contributed by atoms with E-state index in [4.69, 9.17) is 10.00 Å². The van der Waals surface area contributed by atoms with E-state index in [-0.39, 0.29) is 11.9 Å². The van der Waals surface area contributed by atoms with E-state index in [2.05, 4.69) is 6.07 Å². The summed E-state index contributed by atoms with van der Waals surface area (Å²) in [6.07, 6.45) is 1.01. The summed E-state index contributed by atoms with van der Waals surface area (Å²) in [6, 6.07) is 21.1. The molecule has 122 valence electrons. The molecule has 0 spiro atoms. The van der Waals surface area contributed by atoms with Crippen LogP contribution >= 0.6 is 0 Å². The maximum Gasteiger partial charge on any atom is 0.256 e. The van der Waals surface area contributed by atoms with Crippen molar-refractivity contribution in [1.29, 1.82) is 5.26 Å². The van der Waals surface area contributed by atoms with Gasteiger partial charge in [-0.25, -0.2) is 0 Å². The third-order valence-corrected chi connectivity index (χ3v) is 4.52. The highest BCUT2D eigenvalue weighted by molar-refractivity contribution is 5.95. The van der Waals surface area contributed by atoms with Gasteiger partial charge in [0.25, 0.3) is 5.91 Å². The molecule has 0 N–H and O–H groups in total. The average molecular weight is 320 g/mol. The molecule has 2 aromatic rings. The molecule has 1 amide bonds. The van der Waals surface area contributed by atoms with Gasteiger partial charge in [-0.15, -0.1) is 0 Å².